The molecule has 0 saturated heterocycles. The van der Waals surface area contributed by atoms with Gasteiger partial charge in [-0.25, -0.2) is 0 Å². The lowest BCUT2D eigenvalue weighted by Crippen LogP contribution is -2.13. The number of para-hydroxylation sites is 4. The zero-order chi connectivity index (χ0) is 55.6. The molecule has 0 aliphatic carbocycles. The van der Waals surface area contributed by atoms with E-state index in [2.05, 4.69) is 324 Å². The van der Waals surface area contributed by atoms with Gasteiger partial charge in [-0.2, -0.15) is 0 Å². The number of nitrogens with zero attached hydrogens (tertiary/aromatic N) is 4. The number of rotatable bonds is 10. The van der Waals surface area contributed by atoms with Crippen molar-refractivity contribution in [2.45, 2.75) is 13.8 Å². The maximum Gasteiger partial charge on any atom is 0.0641 e. The van der Waals surface area contributed by atoms with Gasteiger partial charge >= 0.3 is 0 Å². The fourth-order valence-corrected chi connectivity index (χ4v) is 14.1. The third-order valence-corrected chi connectivity index (χ3v) is 17.7. The Morgan fingerprint density at radius 1 is 0.226 bits per heavy atom. The van der Waals surface area contributed by atoms with E-state index in [1.54, 1.807) is 0 Å². The Morgan fingerprint density at radius 2 is 0.548 bits per heavy atom. The van der Waals surface area contributed by atoms with Crippen molar-refractivity contribution in [1.29, 1.82) is 0 Å². The number of fused-ring (bicyclic) bond motifs is 12. The molecule has 0 unspecified atom stereocenters. The summed E-state index contributed by atoms with van der Waals surface area (Å²) >= 11 is 0. The molecule has 0 atom stereocenters. The molecule has 0 bridgehead atoms. The van der Waals surface area contributed by atoms with Gasteiger partial charge in [0.15, 0.2) is 0 Å². The highest BCUT2D eigenvalue weighted by atomic mass is 15.2. The molecule has 17 rings (SSSR count). The molecular formula is C80H54N4. The molecule has 0 aliphatic heterocycles. The van der Waals surface area contributed by atoms with E-state index < -0.39 is 0 Å². The third-order valence-electron chi connectivity index (χ3n) is 17.7. The van der Waals surface area contributed by atoms with E-state index in [9.17, 15) is 0 Å². The Hall–Kier alpha value is -10.9. The van der Waals surface area contributed by atoms with Crippen LogP contribution in [0.25, 0.3) is 121 Å². The van der Waals surface area contributed by atoms with Gasteiger partial charge in [-0.3, -0.25) is 0 Å². The molecule has 4 heteroatoms. The molecule has 0 radical (unpaired) electrons. The molecule has 84 heavy (non-hydrogen) atoms. The predicted octanol–water partition coefficient (Wildman–Crippen LogP) is 22.2. The first-order valence-corrected chi connectivity index (χ1v) is 29.1. The summed E-state index contributed by atoms with van der Waals surface area (Å²) in [6.07, 6.45) is 0. The quantitative estimate of drug-likeness (QED) is 0.136. The molecule has 0 amide bonds. The largest absolute Gasteiger partial charge is 0.309 e. The van der Waals surface area contributed by atoms with Crippen LogP contribution in [0, 0.1) is 13.8 Å². The van der Waals surface area contributed by atoms with Crippen LogP contribution in [0.5, 0.6) is 0 Å². The normalized spacial score (nSPS) is 11.9. The molecule has 0 N–H and O–H groups in total. The lowest BCUT2D eigenvalue weighted by atomic mass is 9.96. The Bertz CT molecular complexity index is 5050. The van der Waals surface area contributed by atoms with Crippen LogP contribution in [0.15, 0.2) is 291 Å². The van der Waals surface area contributed by atoms with Crippen molar-refractivity contribution in [1.82, 2.24) is 8.80 Å². The highest BCUT2D eigenvalue weighted by Gasteiger charge is 2.31. The van der Waals surface area contributed by atoms with Gasteiger partial charge < -0.3 is 18.6 Å². The molecule has 4 heterocycles. The summed E-state index contributed by atoms with van der Waals surface area (Å²) in [5.74, 6) is 0. The maximum atomic E-state index is 2.57. The Morgan fingerprint density at radius 3 is 0.952 bits per heavy atom. The fourth-order valence-electron chi connectivity index (χ4n) is 14.1. The van der Waals surface area contributed by atoms with Gasteiger partial charge in [-0.15, -0.1) is 0 Å². The number of hydrogen-bond donors (Lipinski definition) is 0. The van der Waals surface area contributed by atoms with Crippen molar-refractivity contribution in [2.24, 2.45) is 0 Å². The van der Waals surface area contributed by atoms with Crippen molar-refractivity contribution in [3.8, 4) is 44.5 Å². The van der Waals surface area contributed by atoms with E-state index in [0.717, 1.165) is 34.1 Å². The number of benzene rings is 13. The molecule has 13 aromatic carbocycles. The van der Waals surface area contributed by atoms with Crippen molar-refractivity contribution in [3.05, 3.63) is 302 Å². The monoisotopic (exact) mass is 1070 g/mol. The van der Waals surface area contributed by atoms with Crippen molar-refractivity contribution < 1.29 is 0 Å². The number of hydrogen-bond acceptors (Lipinski definition) is 2. The van der Waals surface area contributed by atoms with Crippen molar-refractivity contribution >= 4 is 110 Å². The molecule has 0 aliphatic rings. The van der Waals surface area contributed by atoms with Gasteiger partial charge in [-0.05, 0) is 109 Å². The average molecular weight is 1070 g/mol. The fraction of sp³-hybridized carbons (Fsp3) is 0.0250. The summed E-state index contributed by atoms with van der Waals surface area (Å²) in [5.41, 5.74) is 25.8. The van der Waals surface area contributed by atoms with Crippen LogP contribution in [0.4, 0.5) is 34.1 Å². The molecule has 4 aromatic heterocycles. The zero-order valence-corrected chi connectivity index (χ0v) is 46.5. The summed E-state index contributed by atoms with van der Waals surface area (Å²) in [6, 6.07) is 108. The van der Waals surface area contributed by atoms with E-state index in [-0.39, 0.29) is 0 Å². The minimum atomic E-state index is 1.12. The number of anilines is 6. The first-order chi connectivity index (χ1) is 41.6. The topological polar surface area (TPSA) is 15.3 Å². The van der Waals surface area contributed by atoms with E-state index in [1.165, 1.54) is 132 Å². The predicted molar refractivity (Wildman–Crippen MR) is 356 cm³/mol. The summed E-state index contributed by atoms with van der Waals surface area (Å²) < 4.78 is 5.13. The Labute approximate surface area is 486 Å². The molecule has 0 saturated carbocycles. The van der Waals surface area contributed by atoms with Gasteiger partial charge in [0.05, 0.1) is 67.2 Å². The van der Waals surface area contributed by atoms with Crippen molar-refractivity contribution in [3.63, 3.8) is 0 Å². The third kappa shape index (κ3) is 7.14. The van der Waals surface area contributed by atoms with Gasteiger partial charge in [0.1, 0.15) is 0 Å². The molecule has 4 nitrogen and oxygen atoms in total. The minimum absolute atomic E-state index is 1.12. The molecule has 0 fully saturated rings. The van der Waals surface area contributed by atoms with E-state index in [4.69, 9.17) is 0 Å². The van der Waals surface area contributed by atoms with Crippen LogP contribution in [-0.2, 0) is 0 Å². The van der Waals surface area contributed by atoms with Gasteiger partial charge in [0.2, 0.25) is 0 Å². The smallest absolute Gasteiger partial charge is 0.0641 e. The minimum Gasteiger partial charge on any atom is -0.309 e. The second-order valence-electron chi connectivity index (χ2n) is 22.5. The summed E-state index contributed by atoms with van der Waals surface area (Å²) in [7, 11) is 0. The highest BCUT2D eigenvalue weighted by molar-refractivity contribution is 6.32. The first kappa shape index (κ1) is 47.8. The van der Waals surface area contributed by atoms with Crippen LogP contribution < -0.4 is 9.80 Å². The number of aryl methyl sites for hydroxylation is 2. The lowest BCUT2D eigenvalue weighted by molar-refractivity contribution is 1.29. The SMILES string of the molecule is Cc1ccc(N(c2ccccc2-c2ccccc2)c2ccc3c4cc5c(cc4n4c6ccccc6c2c34)c2ccc(N(c3ccccc3-c3ccccc3)c3ccc(C)cc3-c3ccccc3)c3c4ccccc4n5c23)c(-c2ccccc2)c1. The molecule has 394 valence electrons. The Kier molecular flexibility index (Phi) is 10.7. The first-order valence-electron chi connectivity index (χ1n) is 29.1. The summed E-state index contributed by atoms with van der Waals surface area (Å²) in [6.45, 7) is 4.39. The van der Waals surface area contributed by atoms with Crippen LogP contribution in [0.1, 0.15) is 11.1 Å². The maximum absolute atomic E-state index is 2.57. The van der Waals surface area contributed by atoms with Gasteiger partial charge in [0, 0.05) is 65.3 Å². The second-order valence-corrected chi connectivity index (χ2v) is 22.5. The van der Waals surface area contributed by atoms with Gasteiger partial charge in [-0.1, -0.05) is 230 Å². The van der Waals surface area contributed by atoms with Crippen molar-refractivity contribution in [2.75, 3.05) is 9.80 Å². The lowest BCUT2D eigenvalue weighted by Gasteiger charge is -2.31. The van der Waals surface area contributed by atoms with E-state index in [1.807, 2.05) is 0 Å². The average Bonchev–Trinajstić information content (AvgIpc) is 1.97. The number of aromatic nitrogens is 2. The molecule has 0 spiro atoms. The summed E-state index contributed by atoms with van der Waals surface area (Å²) in [4.78, 5) is 5.08. The van der Waals surface area contributed by atoms with Crippen LogP contribution >= 0.6 is 0 Å². The Balaban J connectivity index is 0.949. The van der Waals surface area contributed by atoms with Gasteiger partial charge in [0.25, 0.3) is 0 Å². The van der Waals surface area contributed by atoms with E-state index in [0.29, 0.717) is 0 Å². The zero-order valence-electron chi connectivity index (χ0n) is 46.5. The molecular weight excluding hydrogens is 1020 g/mol. The summed E-state index contributed by atoms with van der Waals surface area (Å²) in [5, 5.41) is 9.80. The standard InChI is InChI=1S/C80H54N4/c1-51-39-43-71(63(47-51)55-27-11-5-12-28-55)81(67-35-19-15-31-57(67)53-23-7-3-8-24-53)73-45-41-59-65-49-76-66(50-75(65)83-69-37-21-17-33-61(69)77(73)79(59)83)60-42-46-74(78-62-34-18-22-38-70(62)84(76)80(60)78)82(68-36-20-16-32-58(68)54-25-9-4-10-26-54)72-44-40-52(2)48-64(72)56-29-13-6-14-30-56/h3-50H,1-2H3. The second kappa shape index (κ2) is 18.8. The van der Waals surface area contributed by atoms with Crippen LogP contribution in [0.3, 0.4) is 0 Å². The molecule has 17 aromatic rings. The highest BCUT2D eigenvalue weighted by Crippen LogP contribution is 2.54. The van der Waals surface area contributed by atoms with E-state index >= 15 is 0 Å². The van der Waals surface area contributed by atoms with Crippen LogP contribution in [0.2, 0.25) is 0 Å². The van der Waals surface area contributed by atoms with Crippen LogP contribution in [-0.4, -0.2) is 8.80 Å².